The molecule has 144 valence electrons. The normalized spacial score (nSPS) is 15.4. The highest BCUT2D eigenvalue weighted by atomic mass is 32.1. The van der Waals surface area contributed by atoms with E-state index in [2.05, 4.69) is 4.98 Å². The van der Waals surface area contributed by atoms with Gasteiger partial charge in [-0.25, -0.2) is 9.78 Å². The summed E-state index contributed by atoms with van der Waals surface area (Å²) in [6, 6.07) is 6.83. The Hall–Kier alpha value is -2.45. The largest absolute Gasteiger partial charge is 0.494 e. The number of rotatable bonds is 8. The van der Waals surface area contributed by atoms with Gasteiger partial charge in [-0.15, -0.1) is 16.4 Å². The van der Waals surface area contributed by atoms with Gasteiger partial charge in [-0.05, 0) is 49.4 Å². The maximum Gasteiger partial charge on any atom is 0.331 e. The molecule has 2 aromatic rings. The Morgan fingerprint density at radius 2 is 1.96 bits per heavy atom. The van der Waals surface area contributed by atoms with Crippen LogP contribution in [0, 0.1) is 5.92 Å². The third-order valence-corrected chi connectivity index (χ3v) is 5.30. The van der Waals surface area contributed by atoms with Gasteiger partial charge < -0.3 is 15.3 Å². The first-order chi connectivity index (χ1) is 13.1. The monoisotopic (exact) mass is 389 g/mol. The molecule has 1 aromatic carbocycles. The Morgan fingerprint density at radius 1 is 1.22 bits per heavy atom. The SMILES string of the molecule is NC(=O)c1ccc(OCCC2CCN(OC(=O)Cc3nccs3)CC2)cc1. The van der Waals surface area contributed by atoms with E-state index in [0.717, 1.165) is 43.1 Å². The minimum atomic E-state index is -0.444. The van der Waals surface area contributed by atoms with Crippen molar-refractivity contribution >= 4 is 23.2 Å². The summed E-state index contributed by atoms with van der Waals surface area (Å²) in [5.74, 6) is 0.573. The van der Waals surface area contributed by atoms with Crippen LogP contribution in [0.4, 0.5) is 0 Å². The molecule has 3 rings (SSSR count). The molecule has 0 bridgehead atoms. The quantitative estimate of drug-likeness (QED) is 0.745. The molecular formula is C19H23N3O4S. The average Bonchev–Trinajstić information content (AvgIpc) is 3.16. The van der Waals surface area contributed by atoms with E-state index >= 15 is 0 Å². The Morgan fingerprint density at radius 3 is 2.59 bits per heavy atom. The van der Waals surface area contributed by atoms with E-state index in [-0.39, 0.29) is 12.4 Å². The molecule has 7 nitrogen and oxygen atoms in total. The zero-order valence-corrected chi connectivity index (χ0v) is 15.8. The Bertz CT molecular complexity index is 741. The molecule has 0 atom stereocenters. The molecule has 1 amide bonds. The number of hydrogen-bond acceptors (Lipinski definition) is 7. The molecule has 0 unspecified atom stereocenters. The second-order valence-corrected chi connectivity index (χ2v) is 7.44. The number of nitrogens with two attached hydrogens (primary N) is 1. The van der Waals surface area contributed by atoms with E-state index in [1.807, 2.05) is 5.38 Å². The highest BCUT2D eigenvalue weighted by molar-refractivity contribution is 7.09. The first kappa shape index (κ1) is 19.3. The fraction of sp³-hybridized carbons (Fsp3) is 0.421. The number of carbonyl (C=O) groups excluding carboxylic acids is 2. The molecule has 0 radical (unpaired) electrons. The number of ether oxygens (including phenoxy) is 1. The second-order valence-electron chi connectivity index (χ2n) is 6.46. The van der Waals surface area contributed by atoms with E-state index in [4.69, 9.17) is 15.3 Å². The molecule has 8 heteroatoms. The van der Waals surface area contributed by atoms with Crippen molar-refractivity contribution in [1.82, 2.24) is 10.0 Å². The molecule has 0 spiro atoms. The maximum atomic E-state index is 11.9. The van der Waals surface area contributed by atoms with E-state index in [9.17, 15) is 9.59 Å². The third kappa shape index (κ3) is 6.04. The predicted molar refractivity (Wildman–Crippen MR) is 101 cm³/mol. The van der Waals surface area contributed by atoms with Crippen LogP contribution in [0.5, 0.6) is 5.75 Å². The van der Waals surface area contributed by atoms with Crippen LogP contribution in [0.3, 0.4) is 0 Å². The zero-order valence-electron chi connectivity index (χ0n) is 15.0. The van der Waals surface area contributed by atoms with Crippen molar-refractivity contribution in [2.24, 2.45) is 11.7 Å². The smallest absolute Gasteiger partial charge is 0.331 e. The van der Waals surface area contributed by atoms with Gasteiger partial charge in [0.15, 0.2) is 0 Å². The van der Waals surface area contributed by atoms with Crippen LogP contribution < -0.4 is 10.5 Å². The lowest BCUT2D eigenvalue weighted by Gasteiger charge is -2.30. The minimum Gasteiger partial charge on any atom is -0.494 e. The van der Waals surface area contributed by atoms with E-state index in [1.54, 1.807) is 35.5 Å². The summed E-state index contributed by atoms with van der Waals surface area (Å²) in [6.07, 6.45) is 4.79. The zero-order chi connectivity index (χ0) is 19.1. The van der Waals surface area contributed by atoms with Gasteiger partial charge in [0, 0.05) is 30.2 Å². The van der Waals surface area contributed by atoms with Crippen LogP contribution in [-0.4, -0.2) is 41.6 Å². The van der Waals surface area contributed by atoms with Crippen molar-refractivity contribution in [3.8, 4) is 5.75 Å². The Labute approximate surface area is 162 Å². The third-order valence-electron chi connectivity index (χ3n) is 4.52. The highest BCUT2D eigenvalue weighted by Gasteiger charge is 2.22. The highest BCUT2D eigenvalue weighted by Crippen LogP contribution is 2.22. The number of hydrogen-bond donors (Lipinski definition) is 1. The molecule has 2 N–H and O–H groups in total. The molecule has 0 saturated carbocycles. The van der Waals surface area contributed by atoms with Crippen LogP contribution >= 0.6 is 11.3 Å². The summed E-state index contributed by atoms with van der Waals surface area (Å²) in [5.41, 5.74) is 5.69. The van der Waals surface area contributed by atoms with Crippen LogP contribution in [0.1, 0.15) is 34.6 Å². The number of thiazole rings is 1. The summed E-state index contributed by atoms with van der Waals surface area (Å²) < 4.78 is 5.74. The minimum absolute atomic E-state index is 0.222. The average molecular weight is 389 g/mol. The lowest BCUT2D eigenvalue weighted by Crippen LogP contribution is -2.36. The van der Waals surface area contributed by atoms with Gasteiger partial charge in [-0.3, -0.25) is 4.79 Å². The molecule has 1 aromatic heterocycles. The summed E-state index contributed by atoms with van der Waals surface area (Å²) in [6.45, 7) is 2.09. The fourth-order valence-corrected chi connectivity index (χ4v) is 3.59. The number of nitrogens with zero attached hydrogens (tertiary/aromatic N) is 2. The van der Waals surface area contributed by atoms with Crippen molar-refractivity contribution in [2.45, 2.75) is 25.7 Å². The summed E-state index contributed by atoms with van der Waals surface area (Å²) in [7, 11) is 0. The van der Waals surface area contributed by atoms with Crippen LogP contribution in [0.15, 0.2) is 35.8 Å². The number of amides is 1. The summed E-state index contributed by atoms with van der Waals surface area (Å²) in [4.78, 5) is 32.5. The number of piperidine rings is 1. The molecule has 2 heterocycles. The molecule has 1 saturated heterocycles. The van der Waals surface area contributed by atoms with Gasteiger partial charge in [0.05, 0.1) is 13.0 Å². The van der Waals surface area contributed by atoms with E-state index in [0.29, 0.717) is 18.1 Å². The van der Waals surface area contributed by atoms with Gasteiger partial charge in [-0.1, -0.05) is 0 Å². The predicted octanol–water partition coefficient (Wildman–Crippen LogP) is 2.42. The molecule has 1 aliphatic heterocycles. The summed E-state index contributed by atoms with van der Waals surface area (Å²) in [5, 5.41) is 4.37. The van der Waals surface area contributed by atoms with E-state index in [1.165, 1.54) is 11.3 Å². The van der Waals surface area contributed by atoms with Crippen LogP contribution in [0.2, 0.25) is 0 Å². The van der Waals surface area contributed by atoms with Gasteiger partial charge in [0.1, 0.15) is 10.8 Å². The standard InChI is InChI=1S/C19H23N3O4S/c20-19(24)15-1-3-16(4-2-15)25-11-7-14-5-9-22(10-6-14)26-18(23)13-17-21-8-12-27-17/h1-4,8,12,14H,5-7,9-11,13H2,(H2,20,24). The van der Waals surface area contributed by atoms with Crippen molar-refractivity contribution in [3.63, 3.8) is 0 Å². The van der Waals surface area contributed by atoms with E-state index < -0.39 is 5.91 Å². The maximum absolute atomic E-state index is 11.9. The van der Waals surface area contributed by atoms with Gasteiger partial charge in [0.2, 0.25) is 5.91 Å². The number of primary amides is 1. The summed E-state index contributed by atoms with van der Waals surface area (Å²) >= 11 is 1.46. The van der Waals surface area contributed by atoms with Gasteiger partial charge in [-0.2, -0.15) is 0 Å². The Balaban J connectivity index is 1.32. The molecule has 1 aliphatic rings. The van der Waals surface area contributed by atoms with Crippen molar-refractivity contribution in [1.29, 1.82) is 0 Å². The number of benzene rings is 1. The van der Waals surface area contributed by atoms with Gasteiger partial charge >= 0.3 is 5.97 Å². The topological polar surface area (TPSA) is 94.8 Å². The lowest BCUT2D eigenvalue weighted by molar-refractivity contribution is -0.196. The first-order valence-electron chi connectivity index (χ1n) is 8.97. The Kier molecular flexibility index (Phi) is 6.78. The molecule has 27 heavy (non-hydrogen) atoms. The second kappa shape index (κ2) is 9.48. The molecule has 1 fully saturated rings. The van der Waals surface area contributed by atoms with Crippen molar-refractivity contribution < 1.29 is 19.2 Å². The number of hydroxylamine groups is 2. The fourth-order valence-electron chi connectivity index (χ4n) is 2.99. The number of aromatic nitrogens is 1. The van der Waals surface area contributed by atoms with Gasteiger partial charge in [0.25, 0.3) is 0 Å². The molecular weight excluding hydrogens is 366 g/mol. The lowest BCUT2D eigenvalue weighted by atomic mass is 9.95. The molecule has 0 aliphatic carbocycles. The number of carbonyl (C=O) groups is 2. The van der Waals surface area contributed by atoms with Crippen molar-refractivity contribution in [3.05, 3.63) is 46.4 Å². The first-order valence-corrected chi connectivity index (χ1v) is 9.85. The van der Waals surface area contributed by atoms with Crippen LogP contribution in [0.25, 0.3) is 0 Å². The van der Waals surface area contributed by atoms with Crippen molar-refractivity contribution in [2.75, 3.05) is 19.7 Å². The van der Waals surface area contributed by atoms with Crippen LogP contribution in [-0.2, 0) is 16.1 Å².